The fraction of sp³-hybridized carbons (Fsp3) is 0.200. The van der Waals surface area contributed by atoms with Crippen molar-refractivity contribution in [3.05, 3.63) is 51.5 Å². The maximum absolute atomic E-state index is 12.8. The summed E-state index contributed by atoms with van der Waals surface area (Å²) in [5.74, 6) is 0.570. The van der Waals surface area contributed by atoms with Crippen LogP contribution in [0.2, 0.25) is 5.02 Å². The van der Waals surface area contributed by atoms with E-state index < -0.39 is 10.0 Å². The summed E-state index contributed by atoms with van der Waals surface area (Å²) >= 11 is 9.28. The molecule has 0 atom stereocenters. The molecule has 22 heavy (non-hydrogen) atoms. The molecule has 2 aromatic rings. The van der Waals surface area contributed by atoms with Gasteiger partial charge < -0.3 is 4.74 Å². The second-order valence-corrected chi connectivity index (χ2v) is 7.96. The Morgan fingerprint density at radius 3 is 2.45 bits per heavy atom. The second-order valence-electron chi connectivity index (χ2n) is 4.70. The zero-order chi connectivity index (χ0) is 16.5. The Bertz CT molecular complexity index is 808. The van der Waals surface area contributed by atoms with Crippen LogP contribution in [0.1, 0.15) is 5.56 Å². The summed E-state index contributed by atoms with van der Waals surface area (Å²) in [6, 6.07) is 9.78. The van der Waals surface area contributed by atoms with E-state index in [0.717, 1.165) is 5.56 Å². The summed E-state index contributed by atoms with van der Waals surface area (Å²) in [7, 11) is -0.660. The Balaban J connectivity index is 2.49. The average molecular weight is 405 g/mol. The van der Waals surface area contributed by atoms with Gasteiger partial charge in [0.2, 0.25) is 0 Å². The Morgan fingerprint density at radius 1 is 1.18 bits per heavy atom. The molecule has 2 rings (SSSR count). The number of hydrogen-bond donors (Lipinski definition) is 0. The van der Waals surface area contributed by atoms with E-state index in [2.05, 4.69) is 15.9 Å². The Kier molecular flexibility index (Phi) is 5.04. The fourth-order valence-corrected chi connectivity index (χ4v) is 4.15. The molecular formula is C15H15BrClNO3S. The standard InChI is InChI=1S/C15H15BrClNO3S/c1-10-4-5-11(17)8-14(10)18(2)22(19,20)12-6-7-15(21-3)13(16)9-12/h4-9H,1-3H3. The molecule has 0 N–H and O–H groups in total. The van der Waals surface area contributed by atoms with Crippen molar-refractivity contribution < 1.29 is 13.2 Å². The van der Waals surface area contributed by atoms with Crippen LogP contribution in [0.4, 0.5) is 5.69 Å². The quantitative estimate of drug-likeness (QED) is 0.765. The molecular weight excluding hydrogens is 390 g/mol. The predicted molar refractivity (Wildman–Crippen MR) is 92.5 cm³/mol. The molecule has 0 fully saturated rings. The lowest BCUT2D eigenvalue weighted by molar-refractivity contribution is 0.411. The monoisotopic (exact) mass is 403 g/mol. The number of anilines is 1. The Hall–Kier alpha value is -1.24. The van der Waals surface area contributed by atoms with E-state index in [1.807, 2.05) is 6.92 Å². The minimum absolute atomic E-state index is 0.169. The lowest BCUT2D eigenvalue weighted by Gasteiger charge is -2.22. The van der Waals surface area contributed by atoms with Crippen molar-refractivity contribution in [3.8, 4) is 5.75 Å². The van der Waals surface area contributed by atoms with Gasteiger partial charge in [0, 0.05) is 12.1 Å². The van der Waals surface area contributed by atoms with Gasteiger partial charge in [0.25, 0.3) is 10.0 Å². The molecule has 0 saturated carbocycles. The first-order chi connectivity index (χ1) is 10.3. The van der Waals surface area contributed by atoms with E-state index in [-0.39, 0.29) is 4.90 Å². The predicted octanol–water partition coefficient (Wildman–Crippen LogP) is 4.24. The molecule has 0 aliphatic rings. The molecule has 2 aromatic carbocycles. The van der Waals surface area contributed by atoms with Crippen molar-refractivity contribution in [2.45, 2.75) is 11.8 Å². The molecule has 0 radical (unpaired) electrons. The van der Waals surface area contributed by atoms with Gasteiger partial charge in [-0.15, -0.1) is 0 Å². The van der Waals surface area contributed by atoms with E-state index in [9.17, 15) is 8.42 Å². The second kappa shape index (κ2) is 6.48. The van der Waals surface area contributed by atoms with Crippen molar-refractivity contribution >= 4 is 43.2 Å². The summed E-state index contributed by atoms with van der Waals surface area (Å²) in [5.41, 5.74) is 1.36. The first kappa shape index (κ1) is 17.1. The van der Waals surface area contributed by atoms with Crippen LogP contribution in [0.15, 0.2) is 45.8 Å². The van der Waals surface area contributed by atoms with Gasteiger partial charge in [-0.2, -0.15) is 0 Å². The normalized spacial score (nSPS) is 11.3. The topological polar surface area (TPSA) is 46.6 Å². The van der Waals surface area contributed by atoms with Gasteiger partial charge >= 0.3 is 0 Å². The number of halogens is 2. The summed E-state index contributed by atoms with van der Waals surface area (Å²) in [5, 5.41) is 0.485. The SMILES string of the molecule is COc1ccc(S(=O)(=O)N(C)c2cc(Cl)ccc2C)cc1Br. The number of rotatable bonds is 4. The molecule has 0 aliphatic carbocycles. The lowest BCUT2D eigenvalue weighted by Crippen LogP contribution is -2.27. The largest absolute Gasteiger partial charge is 0.496 e. The molecule has 7 heteroatoms. The van der Waals surface area contributed by atoms with E-state index in [4.69, 9.17) is 16.3 Å². The highest BCUT2D eigenvalue weighted by Crippen LogP contribution is 2.31. The molecule has 118 valence electrons. The number of aryl methyl sites for hydroxylation is 1. The van der Waals surface area contributed by atoms with Gasteiger partial charge in [0.05, 0.1) is 22.2 Å². The number of ether oxygens (including phenoxy) is 1. The van der Waals surface area contributed by atoms with E-state index in [0.29, 0.717) is 20.9 Å². The maximum atomic E-state index is 12.8. The number of hydrogen-bond acceptors (Lipinski definition) is 3. The van der Waals surface area contributed by atoms with Crippen LogP contribution in [-0.2, 0) is 10.0 Å². The highest BCUT2D eigenvalue weighted by molar-refractivity contribution is 9.10. The molecule has 0 aliphatic heterocycles. The van der Waals surface area contributed by atoms with Crippen molar-refractivity contribution in [2.24, 2.45) is 0 Å². The number of sulfonamides is 1. The Morgan fingerprint density at radius 2 is 1.86 bits per heavy atom. The molecule has 0 saturated heterocycles. The molecule has 0 spiro atoms. The molecule has 0 aromatic heterocycles. The summed E-state index contributed by atoms with van der Waals surface area (Å²) in [6.45, 7) is 1.83. The molecule has 0 heterocycles. The zero-order valence-electron chi connectivity index (χ0n) is 12.3. The van der Waals surface area contributed by atoms with Gasteiger partial charge in [0.1, 0.15) is 5.75 Å². The van der Waals surface area contributed by atoms with Crippen LogP contribution in [0.25, 0.3) is 0 Å². The van der Waals surface area contributed by atoms with Crippen molar-refractivity contribution in [2.75, 3.05) is 18.5 Å². The van der Waals surface area contributed by atoms with Gasteiger partial charge in [-0.25, -0.2) is 8.42 Å². The van der Waals surface area contributed by atoms with E-state index in [1.54, 1.807) is 24.3 Å². The van der Waals surface area contributed by atoms with Crippen molar-refractivity contribution in [1.29, 1.82) is 0 Å². The number of nitrogens with zero attached hydrogens (tertiary/aromatic N) is 1. The van der Waals surface area contributed by atoms with Gasteiger partial charge in [-0.05, 0) is 58.7 Å². The zero-order valence-corrected chi connectivity index (χ0v) is 15.5. The minimum Gasteiger partial charge on any atom is -0.496 e. The van der Waals surface area contributed by atoms with Gasteiger partial charge in [-0.1, -0.05) is 17.7 Å². The molecule has 0 unspecified atom stereocenters. The molecule has 0 amide bonds. The first-order valence-electron chi connectivity index (χ1n) is 6.36. The summed E-state index contributed by atoms with van der Waals surface area (Å²) < 4.78 is 32.5. The number of methoxy groups -OCH3 is 1. The van der Waals surface area contributed by atoms with Crippen LogP contribution in [0.3, 0.4) is 0 Å². The van der Waals surface area contributed by atoms with Gasteiger partial charge in [0.15, 0.2) is 0 Å². The van der Waals surface area contributed by atoms with E-state index in [1.165, 1.54) is 30.6 Å². The van der Waals surface area contributed by atoms with Crippen LogP contribution in [-0.4, -0.2) is 22.6 Å². The molecule has 0 bridgehead atoms. The van der Waals surface area contributed by atoms with Crippen LogP contribution in [0.5, 0.6) is 5.75 Å². The van der Waals surface area contributed by atoms with Crippen LogP contribution >= 0.6 is 27.5 Å². The first-order valence-corrected chi connectivity index (χ1v) is 8.97. The summed E-state index contributed by atoms with van der Waals surface area (Å²) in [4.78, 5) is 0.169. The summed E-state index contributed by atoms with van der Waals surface area (Å²) in [6.07, 6.45) is 0. The van der Waals surface area contributed by atoms with Crippen molar-refractivity contribution in [3.63, 3.8) is 0 Å². The highest BCUT2D eigenvalue weighted by Gasteiger charge is 2.23. The molecule has 4 nitrogen and oxygen atoms in total. The lowest BCUT2D eigenvalue weighted by atomic mass is 10.2. The number of benzene rings is 2. The van der Waals surface area contributed by atoms with Gasteiger partial charge in [-0.3, -0.25) is 4.31 Å². The smallest absolute Gasteiger partial charge is 0.264 e. The van der Waals surface area contributed by atoms with E-state index >= 15 is 0 Å². The third-order valence-electron chi connectivity index (χ3n) is 3.29. The average Bonchev–Trinajstić information content (AvgIpc) is 2.48. The Labute approximate surface area is 143 Å². The maximum Gasteiger partial charge on any atom is 0.264 e. The third-order valence-corrected chi connectivity index (χ3v) is 5.91. The third kappa shape index (κ3) is 3.24. The van der Waals surface area contributed by atoms with Crippen molar-refractivity contribution in [1.82, 2.24) is 0 Å². The fourth-order valence-electron chi connectivity index (χ4n) is 2.02. The highest BCUT2D eigenvalue weighted by atomic mass is 79.9. The minimum atomic E-state index is -3.69. The van der Waals surface area contributed by atoms with Crippen LogP contribution in [0, 0.1) is 6.92 Å². The van der Waals surface area contributed by atoms with Crippen LogP contribution < -0.4 is 9.04 Å².